The van der Waals surface area contributed by atoms with Gasteiger partial charge >= 0.3 is 0 Å². The quantitative estimate of drug-likeness (QED) is 0.531. The number of aliphatic imine (C=N–C) groups is 1. The Morgan fingerprint density at radius 1 is 1.58 bits per heavy atom. The van der Waals surface area contributed by atoms with Gasteiger partial charge in [0.1, 0.15) is 12.4 Å². The van der Waals surface area contributed by atoms with Crippen LogP contribution >= 0.6 is 0 Å². The van der Waals surface area contributed by atoms with Gasteiger partial charge in [0.25, 0.3) is 5.91 Å². The van der Waals surface area contributed by atoms with Crippen molar-refractivity contribution in [3.8, 4) is 0 Å². The van der Waals surface area contributed by atoms with Gasteiger partial charge in [0.15, 0.2) is 0 Å². The molecule has 1 atom stereocenters. The second-order valence-electron chi connectivity index (χ2n) is 3.05. The summed E-state index contributed by atoms with van der Waals surface area (Å²) in [6.07, 6.45) is 7.91. The molecule has 0 N–H and O–H groups in total. The summed E-state index contributed by atoms with van der Waals surface area (Å²) in [5, 5.41) is 0. The lowest BCUT2D eigenvalue weighted by molar-refractivity contribution is -0.116. The average molecular weight is 162 g/mol. The molecule has 3 nitrogen and oxygen atoms in total. The van der Waals surface area contributed by atoms with Gasteiger partial charge in [-0.1, -0.05) is 19.1 Å². The zero-order valence-electron chi connectivity index (χ0n) is 6.90. The lowest BCUT2D eigenvalue weighted by atomic mass is 10.2. The SMILES string of the molecule is CC1C=CC2=NC(=O)CN2C=C1. The maximum atomic E-state index is 10.9. The van der Waals surface area contributed by atoms with Crippen LogP contribution in [0.4, 0.5) is 0 Å². The van der Waals surface area contributed by atoms with Crippen LogP contribution in [0.5, 0.6) is 0 Å². The van der Waals surface area contributed by atoms with Crippen LogP contribution in [0.1, 0.15) is 6.92 Å². The normalized spacial score (nSPS) is 27.1. The van der Waals surface area contributed by atoms with E-state index in [1.165, 1.54) is 0 Å². The van der Waals surface area contributed by atoms with Crippen molar-refractivity contribution in [2.75, 3.05) is 6.54 Å². The topological polar surface area (TPSA) is 32.7 Å². The van der Waals surface area contributed by atoms with E-state index < -0.39 is 0 Å². The number of hydrogen-bond acceptors (Lipinski definition) is 2. The fraction of sp³-hybridized carbons (Fsp3) is 0.333. The van der Waals surface area contributed by atoms with E-state index in [1.807, 2.05) is 23.3 Å². The molecule has 2 aliphatic rings. The molecule has 2 heterocycles. The molecule has 0 saturated heterocycles. The molecule has 2 rings (SSSR count). The number of fused-ring (bicyclic) bond motifs is 1. The summed E-state index contributed by atoms with van der Waals surface area (Å²) in [6, 6.07) is 0. The predicted molar refractivity (Wildman–Crippen MR) is 46.6 cm³/mol. The van der Waals surface area contributed by atoms with Gasteiger partial charge in [0.05, 0.1) is 0 Å². The van der Waals surface area contributed by atoms with Gasteiger partial charge in [0, 0.05) is 6.20 Å². The number of allylic oxidation sites excluding steroid dienone is 2. The smallest absolute Gasteiger partial charge is 0.267 e. The van der Waals surface area contributed by atoms with Crippen molar-refractivity contribution in [2.45, 2.75) is 6.92 Å². The Morgan fingerprint density at radius 2 is 2.42 bits per heavy atom. The van der Waals surface area contributed by atoms with Crippen LogP contribution in [0.25, 0.3) is 0 Å². The third kappa shape index (κ3) is 1.18. The molecule has 62 valence electrons. The van der Waals surface area contributed by atoms with E-state index in [-0.39, 0.29) is 5.91 Å². The Kier molecular flexibility index (Phi) is 1.57. The van der Waals surface area contributed by atoms with E-state index in [0.29, 0.717) is 12.5 Å². The Morgan fingerprint density at radius 3 is 3.25 bits per heavy atom. The lowest BCUT2D eigenvalue weighted by Gasteiger charge is -2.08. The highest BCUT2D eigenvalue weighted by molar-refractivity contribution is 6.07. The molecule has 0 radical (unpaired) electrons. The highest BCUT2D eigenvalue weighted by atomic mass is 16.2. The van der Waals surface area contributed by atoms with E-state index in [1.54, 1.807) is 0 Å². The summed E-state index contributed by atoms with van der Waals surface area (Å²) in [7, 11) is 0. The standard InChI is InChI=1S/C9H10N2O/c1-7-2-3-8-10-9(12)6-11(8)5-4-7/h2-5,7H,6H2,1H3. The van der Waals surface area contributed by atoms with E-state index in [0.717, 1.165) is 5.84 Å². The maximum absolute atomic E-state index is 10.9. The van der Waals surface area contributed by atoms with Crippen molar-refractivity contribution in [1.82, 2.24) is 4.90 Å². The molecule has 12 heavy (non-hydrogen) atoms. The van der Waals surface area contributed by atoms with Gasteiger partial charge < -0.3 is 4.90 Å². The summed E-state index contributed by atoms with van der Waals surface area (Å²) >= 11 is 0. The van der Waals surface area contributed by atoms with E-state index >= 15 is 0 Å². The van der Waals surface area contributed by atoms with Crippen molar-refractivity contribution < 1.29 is 4.79 Å². The van der Waals surface area contributed by atoms with Gasteiger partial charge in [-0.25, -0.2) is 0 Å². The molecule has 2 aliphatic heterocycles. The molecule has 1 amide bonds. The van der Waals surface area contributed by atoms with Gasteiger partial charge in [0.2, 0.25) is 0 Å². The van der Waals surface area contributed by atoms with Crippen LogP contribution in [-0.4, -0.2) is 23.2 Å². The summed E-state index contributed by atoms with van der Waals surface area (Å²) in [4.78, 5) is 16.6. The largest absolute Gasteiger partial charge is 0.324 e. The van der Waals surface area contributed by atoms with Crippen molar-refractivity contribution in [2.24, 2.45) is 10.9 Å². The second-order valence-corrected chi connectivity index (χ2v) is 3.05. The summed E-state index contributed by atoms with van der Waals surface area (Å²) in [6.45, 7) is 2.49. The molecule has 0 aromatic carbocycles. The molecule has 0 aliphatic carbocycles. The van der Waals surface area contributed by atoms with Crippen molar-refractivity contribution >= 4 is 11.7 Å². The Bertz CT molecular complexity index is 302. The van der Waals surface area contributed by atoms with Gasteiger partial charge in [-0.2, -0.15) is 4.99 Å². The van der Waals surface area contributed by atoms with Crippen LogP contribution in [0.3, 0.4) is 0 Å². The highest BCUT2D eigenvalue weighted by Crippen LogP contribution is 2.12. The average Bonchev–Trinajstić information content (AvgIpc) is 2.31. The third-order valence-electron chi connectivity index (χ3n) is 1.96. The minimum atomic E-state index is -0.0612. The third-order valence-corrected chi connectivity index (χ3v) is 1.96. The number of carbonyl (C=O) groups excluding carboxylic acids is 1. The van der Waals surface area contributed by atoms with Crippen LogP contribution < -0.4 is 0 Å². The molecular weight excluding hydrogens is 152 g/mol. The first-order chi connectivity index (χ1) is 5.75. The molecule has 0 bridgehead atoms. The Balaban J connectivity index is 2.33. The zero-order chi connectivity index (χ0) is 8.55. The lowest BCUT2D eigenvalue weighted by Crippen LogP contribution is -2.20. The first-order valence-electron chi connectivity index (χ1n) is 4.00. The molecular formula is C9H10N2O. The minimum Gasteiger partial charge on any atom is -0.324 e. The number of amidine groups is 1. The second kappa shape index (κ2) is 2.59. The van der Waals surface area contributed by atoms with Gasteiger partial charge in [-0.05, 0) is 12.0 Å². The molecule has 0 spiro atoms. The van der Waals surface area contributed by atoms with Crippen LogP contribution in [0.2, 0.25) is 0 Å². The molecule has 0 aromatic rings. The number of amides is 1. The van der Waals surface area contributed by atoms with E-state index in [4.69, 9.17) is 0 Å². The number of rotatable bonds is 0. The zero-order valence-corrected chi connectivity index (χ0v) is 6.90. The van der Waals surface area contributed by atoms with E-state index in [2.05, 4.69) is 18.0 Å². The van der Waals surface area contributed by atoms with Crippen molar-refractivity contribution in [1.29, 1.82) is 0 Å². The predicted octanol–water partition coefficient (Wildman–Crippen LogP) is 0.947. The monoisotopic (exact) mass is 162 g/mol. The first-order valence-corrected chi connectivity index (χ1v) is 4.00. The number of hydrogen-bond donors (Lipinski definition) is 0. The fourth-order valence-electron chi connectivity index (χ4n) is 1.26. The number of nitrogens with zero attached hydrogens (tertiary/aromatic N) is 2. The highest BCUT2D eigenvalue weighted by Gasteiger charge is 2.20. The van der Waals surface area contributed by atoms with Crippen molar-refractivity contribution in [3.05, 3.63) is 24.4 Å². The Labute approximate surface area is 71.1 Å². The van der Waals surface area contributed by atoms with Crippen LogP contribution in [0.15, 0.2) is 29.4 Å². The summed E-state index contributed by atoms with van der Waals surface area (Å²) in [5.41, 5.74) is 0. The Hall–Kier alpha value is -1.38. The summed E-state index contributed by atoms with van der Waals surface area (Å²) in [5.74, 6) is 1.13. The van der Waals surface area contributed by atoms with Crippen molar-refractivity contribution in [3.63, 3.8) is 0 Å². The van der Waals surface area contributed by atoms with Gasteiger partial charge in [-0.15, -0.1) is 0 Å². The molecule has 0 fully saturated rings. The van der Waals surface area contributed by atoms with E-state index in [9.17, 15) is 4.79 Å². The molecule has 3 heteroatoms. The number of carbonyl (C=O) groups is 1. The molecule has 1 unspecified atom stereocenters. The molecule has 0 aromatic heterocycles. The fourth-order valence-corrected chi connectivity index (χ4v) is 1.26. The molecule has 0 saturated carbocycles. The van der Waals surface area contributed by atoms with Crippen LogP contribution in [-0.2, 0) is 4.79 Å². The maximum Gasteiger partial charge on any atom is 0.267 e. The summed E-state index contributed by atoms with van der Waals surface area (Å²) < 4.78 is 0. The van der Waals surface area contributed by atoms with Gasteiger partial charge in [-0.3, -0.25) is 4.79 Å². The first kappa shape index (κ1) is 7.28. The van der Waals surface area contributed by atoms with Crippen LogP contribution in [0, 0.1) is 5.92 Å². The minimum absolute atomic E-state index is 0.0612.